The number of rotatable bonds is 6. The Balaban J connectivity index is 2.15. The number of thiazole rings is 1. The molecule has 0 bridgehead atoms. The second-order valence-electron chi connectivity index (χ2n) is 5.56. The molecule has 1 aromatic carbocycles. The zero-order chi connectivity index (χ0) is 17.7. The molecule has 0 fully saturated rings. The average Bonchev–Trinajstić information content (AvgIpc) is 3.03. The Bertz CT molecular complexity index is 729. The molecule has 0 N–H and O–H groups in total. The number of halogens is 1. The van der Waals surface area contributed by atoms with Crippen LogP contribution in [0.4, 0.5) is 0 Å². The van der Waals surface area contributed by atoms with E-state index < -0.39 is 18.0 Å². The van der Waals surface area contributed by atoms with Gasteiger partial charge < -0.3 is 9.47 Å². The summed E-state index contributed by atoms with van der Waals surface area (Å²) in [5.41, 5.74) is 0.745. The monoisotopic (exact) mass is 367 g/mol. The zero-order valence-electron chi connectivity index (χ0n) is 13.6. The molecule has 1 heterocycles. The molecule has 7 heteroatoms. The summed E-state index contributed by atoms with van der Waals surface area (Å²) < 4.78 is 10.00. The number of ether oxygens (including phenoxy) is 2. The van der Waals surface area contributed by atoms with Crippen LogP contribution in [-0.2, 0) is 14.3 Å². The number of carbonyl (C=O) groups excluding carboxylic acids is 2. The first kappa shape index (κ1) is 18.4. The highest BCUT2D eigenvalue weighted by Gasteiger charge is 2.26. The van der Waals surface area contributed by atoms with E-state index in [2.05, 4.69) is 4.98 Å². The van der Waals surface area contributed by atoms with Gasteiger partial charge in [-0.2, -0.15) is 0 Å². The maximum Gasteiger partial charge on any atom is 0.350 e. The summed E-state index contributed by atoms with van der Waals surface area (Å²) in [5.74, 6) is -0.975. The zero-order valence-corrected chi connectivity index (χ0v) is 15.2. The fourth-order valence-corrected chi connectivity index (χ4v) is 3.19. The average molecular weight is 368 g/mol. The van der Waals surface area contributed by atoms with Crippen LogP contribution < -0.4 is 0 Å². The topological polar surface area (TPSA) is 65.5 Å². The number of benzene rings is 1. The number of hydrogen-bond acceptors (Lipinski definition) is 6. The smallest absolute Gasteiger partial charge is 0.350 e. The second kappa shape index (κ2) is 8.26. The van der Waals surface area contributed by atoms with Gasteiger partial charge in [-0.25, -0.2) is 14.6 Å². The molecule has 0 spiro atoms. The second-order valence-corrected chi connectivity index (χ2v) is 6.99. The van der Waals surface area contributed by atoms with Gasteiger partial charge in [0.1, 0.15) is 9.88 Å². The normalized spacial score (nSPS) is 12.0. The lowest BCUT2D eigenvalue weighted by Gasteiger charge is -2.16. The summed E-state index contributed by atoms with van der Waals surface area (Å²) in [5, 5.41) is 1.17. The molecule has 2 aromatic rings. The van der Waals surface area contributed by atoms with Crippen molar-refractivity contribution in [3.05, 3.63) is 40.4 Å². The summed E-state index contributed by atoms with van der Waals surface area (Å²) in [7, 11) is 1.27. The van der Waals surface area contributed by atoms with Crippen LogP contribution in [0.2, 0.25) is 5.02 Å². The fourth-order valence-electron chi connectivity index (χ4n) is 2.07. The Morgan fingerprint density at radius 1 is 1.29 bits per heavy atom. The molecular weight excluding hydrogens is 350 g/mol. The van der Waals surface area contributed by atoms with Crippen molar-refractivity contribution in [1.29, 1.82) is 0 Å². The quantitative estimate of drug-likeness (QED) is 0.715. The van der Waals surface area contributed by atoms with Crippen molar-refractivity contribution in [2.45, 2.75) is 26.4 Å². The molecule has 1 unspecified atom stereocenters. The van der Waals surface area contributed by atoms with Crippen LogP contribution in [-0.4, -0.2) is 30.1 Å². The molecule has 0 saturated carbocycles. The maximum absolute atomic E-state index is 12.3. The number of methoxy groups -OCH3 is 1. The Labute approximate surface area is 149 Å². The van der Waals surface area contributed by atoms with Crippen LogP contribution in [0.25, 0.3) is 10.6 Å². The van der Waals surface area contributed by atoms with Crippen LogP contribution >= 0.6 is 22.9 Å². The van der Waals surface area contributed by atoms with E-state index in [0.717, 1.165) is 5.56 Å². The van der Waals surface area contributed by atoms with Crippen LogP contribution in [0.5, 0.6) is 0 Å². The molecule has 1 aromatic heterocycles. The van der Waals surface area contributed by atoms with Crippen molar-refractivity contribution < 1.29 is 19.1 Å². The highest BCUT2D eigenvalue weighted by molar-refractivity contribution is 7.16. The van der Waals surface area contributed by atoms with Crippen molar-refractivity contribution >= 4 is 34.9 Å². The predicted octanol–water partition coefficient (Wildman–Crippen LogP) is 4.21. The van der Waals surface area contributed by atoms with Gasteiger partial charge in [-0.3, -0.25) is 0 Å². The van der Waals surface area contributed by atoms with Gasteiger partial charge in [-0.15, -0.1) is 11.3 Å². The standard InChI is InChI=1S/C17H18ClNO4S/c1-10(2)8-13(16(20)22-3)23-17(21)14-9-19-15(24-14)11-6-4-5-7-12(11)18/h4-7,9-10,13H,8H2,1-3H3. The van der Waals surface area contributed by atoms with Crippen molar-refractivity contribution in [2.24, 2.45) is 5.92 Å². The Kier molecular flexibility index (Phi) is 6.34. The molecule has 5 nitrogen and oxygen atoms in total. The largest absolute Gasteiger partial charge is 0.466 e. The molecule has 0 aliphatic rings. The lowest BCUT2D eigenvalue weighted by Crippen LogP contribution is -2.29. The lowest BCUT2D eigenvalue weighted by atomic mass is 10.1. The van der Waals surface area contributed by atoms with E-state index in [9.17, 15) is 9.59 Å². The Morgan fingerprint density at radius 3 is 2.62 bits per heavy atom. The Hall–Kier alpha value is -1.92. The van der Waals surface area contributed by atoms with E-state index in [1.807, 2.05) is 32.0 Å². The third kappa shape index (κ3) is 4.55. The molecule has 128 valence electrons. The number of nitrogens with zero attached hydrogens (tertiary/aromatic N) is 1. The Morgan fingerprint density at radius 2 is 2.00 bits per heavy atom. The van der Waals surface area contributed by atoms with Gasteiger partial charge in [0.25, 0.3) is 0 Å². The van der Waals surface area contributed by atoms with Crippen molar-refractivity contribution in [3.8, 4) is 10.6 Å². The molecule has 1 atom stereocenters. The third-order valence-electron chi connectivity index (χ3n) is 3.21. The van der Waals surface area contributed by atoms with Crippen LogP contribution in [0.3, 0.4) is 0 Å². The van der Waals surface area contributed by atoms with Gasteiger partial charge in [-0.1, -0.05) is 43.6 Å². The molecule has 0 saturated heterocycles. The van der Waals surface area contributed by atoms with Crippen molar-refractivity contribution in [1.82, 2.24) is 4.98 Å². The predicted molar refractivity (Wildman–Crippen MR) is 93.2 cm³/mol. The van der Waals surface area contributed by atoms with Gasteiger partial charge in [0, 0.05) is 5.56 Å². The number of carbonyl (C=O) groups is 2. The molecule has 0 aliphatic carbocycles. The minimum atomic E-state index is -0.923. The highest BCUT2D eigenvalue weighted by atomic mass is 35.5. The van der Waals surface area contributed by atoms with E-state index in [1.54, 1.807) is 6.07 Å². The molecule has 0 amide bonds. The molecule has 24 heavy (non-hydrogen) atoms. The SMILES string of the molecule is COC(=O)C(CC(C)C)OC(=O)c1cnc(-c2ccccc2Cl)s1. The minimum Gasteiger partial charge on any atom is -0.466 e. The summed E-state index contributed by atoms with van der Waals surface area (Å²) >= 11 is 7.31. The van der Waals surface area contributed by atoms with Crippen LogP contribution in [0, 0.1) is 5.92 Å². The van der Waals surface area contributed by atoms with E-state index in [-0.39, 0.29) is 5.92 Å². The first-order valence-corrected chi connectivity index (χ1v) is 8.61. The van der Waals surface area contributed by atoms with Crippen molar-refractivity contribution in [2.75, 3.05) is 7.11 Å². The maximum atomic E-state index is 12.3. The molecule has 2 rings (SSSR count). The fraction of sp³-hybridized carbons (Fsp3) is 0.353. The summed E-state index contributed by atoms with van der Waals surface area (Å²) in [6, 6.07) is 7.25. The van der Waals surface area contributed by atoms with E-state index >= 15 is 0 Å². The number of hydrogen-bond donors (Lipinski definition) is 0. The van der Waals surface area contributed by atoms with Gasteiger partial charge in [0.15, 0.2) is 6.10 Å². The molecular formula is C17H18ClNO4S. The summed E-state index contributed by atoms with van der Waals surface area (Å²) in [4.78, 5) is 28.6. The molecule has 0 radical (unpaired) electrons. The first-order valence-electron chi connectivity index (χ1n) is 7.42. The van der Waals surface area contributed by atoms with Gasteiger partial charge in [0.2, 0.25) is 0 Å². The van der Waals surface area contributed by atoms with E-state index in [4.69, 9.17) is 21.1 Å². The van der Waals surface area contributed by atoms with E-state index in [1.165, 1.54) is 24.6 Å². The van der Waals surface area contributed by atoms with Gasteiger partial charge in [0.05, 0.1) is 18.3 Å². The van der Waals surface area contributed by atoms with Crippen molar-refractivity contribution in [3.63, 3.8) is 0 Å². The number of esters is 2. The number of aromatic nitrogens is 1. The van der Waals surface area contributed by atoms with Gasteiger partial charge >= 0.3 is 11.9 Å². The van der Waals surface area contributed by atoms with Crippen LogP contribution in [0.1, 0.15) is 29.9 Å². The molecule has 0 aliphatic heterocycles. The minimum absolute atomic E-state index is 0.182. The first-order chi connectivity index (χ1) is 11.4. The summed E-state index contributed by atoms with van der Waals surface area (Å²) in [6.07, 6.45) is 0.901. The van der Waals surface area contributed by atoms with Crippen LogP contribution in [0.15, 0.2) is 30.5 Å². The highest BCUT2D eigenvalue weighted by Crippen LogP contribution is 2.31. The third-order valence-corrected chi connectivity index (χ3v) is 4.55. The van der Waals surface area contributed by atoms with Gasteiger partial charge in [-0.05, 0) is 18.4 Å². The lowest BCUT2D eigenvalue weighted by molar-refractivity contribution is -0.151. The summed E-state index contributed by atoms with van der Waals surface area (Å²) in [6.45, 7) is 3.87. The van der Waals surface area contributed by atoms with E-state index in [0.29, 0.717) is 21.3 Å².